The average molecular weight is 358 g/mol. The topological polar surface area (TPSA) is 67.9 Å². The number of amides is 2. The summed E-state index contributed by atoms with van der Waals surface area (Å²) in [7, 11) is 1.28. The third kappa shape index (κ3) is 4.30. The maximum atomic E-state index is 13.2. The lowest BCUT2D eigenvalue weighted by Crippen LogP contribution is -2.37. The summed E-state index contributed by atoms with van der Waals surface area (Å²) >= 11 is 0. The molecule has 0 spiro atoms. The molecule has 1 saturated heterocycles. The molecule has 2 aromatic carbocycles. The van der Waals surface area contributed by atoms with Gasteiger partial charge in [-0.25, -0.2) is 9.18 Å². The second-order valence-corrected chi connectivity index (χ2v) is 5.95. The summed E-state index contributed by atoms with van der Waals surface area (Å²) in [5.41, 5.74) is 1.46. The Morgan fingerprint density at radius 3 is 2.73 bits per heavy atom. The van der Waals surface area contributed by atoms with E-state index in [4.69, 9.17) is 4.74 Å². The fourth-order valence-electron chi connectivity index (χ4n) is 2.80. The molecule has 1 N–H and O–H groups in total. The highest BCUT2D eigenvalue weighted by molar-refractivity contribution is 5.96. The van der Waals surface area contributed by atoms with E-state index in [0.29, 0.717) is 12.3 Å². The Hall–Kier alpha value is -3.09. The highest BCUT2D eigenvalue weighted by Gasteiger charge is 2.31. The summed E-state index contributed by atoms with van der Waals surface area (Å²) in [4.78, 5) is 25.0. The van der Waals surface area contributed by atoms with Crippen molar-refractivity contribution in [3.8, 4) is 5.75 Å². The molecule has 0 saturated carbocycles. The molecule has 6 nitrogen and oxygen atoms in total. The van der Waals surface area contributed by atoms with Crippen molar-refractivity contribution in [2.75, 3.05) is 18.6 Å². The molecule has 1 unspecified atom stereocenters. The summed E-state index contributed by atoms with van der Waals surface area (Å²) in [6.07, 6.45) is -0.321. The summed E-state index contributed by atoms with van der Waals surface area (Å²) in [5.74, 6) is 0.248. The first-order chi connectivity index (χ1) is 12.5. The van der Waals surface area contributed by atoms with Crippen molar-refractivity contribution < 1.29 is 23.5 Å². The number of hydrogen-bond donors (Lipinski definition) is 1. The third-order valence-electron chi connectivity index (χ3n) is 4.08. The van der Waals surface area contributed by atoms with Gasteiger partial charge in [0.15, 0.2) is 0 Å². The molecule has 1 aliphatic heterocycles. The number of rotatable bonds is 5. The highest BCUT2D eigenvalue weighted by Crippen LogP contribution is 2.24. The molecular formula is C19H19FN2O4. The zero-order valence-corrected chi connectivity index (χ0v) is 14.3. The summed E-state index contributed by atoms with van der Waals surface area (Å²) < 4.78 is 23.4. The van der Waals surface area contributed by atoms with E-state index in [1.165, 1.54) is 19.2 Å². The maximum Gasteiger partial charge on any atom is 0.407 e. The van der Waals surface area contributed by atoms with Gasteiger partial charge in [-0.05, 0) is 42.0 Å². The minimum atomic E-state index is -0.550. The van der Waals surface area contributed by atoms with Gasteiger partial charge in [-0.3, -0.25) is 4.79 Å². The summed E-state index contributed by atoms with van der Waals surface area (Å²) in [6.45, 7) is 0.641. The van der Waals surface area contributed by atoms with Crippen LogP contribution in [0.4, 0.5) is 14.9 Å². The first-order valence-electron chi connectivity index (χ1n) is 8.17. The van der Waals surface area contributed by atoms with Crippen LogP contribution in [0.3, 0.4) is 0 Å². The van der Waals surface area contributed by atoms with Crippen LogP contribution in [0.5, 0.6) is 5.75 Å². The van der Waals surface area contributed by atoms with Crippen LogP contribution >= 0.6 is 0 Å². The second-order valence-electron chi connectivity index (χ2n) is 5.95. The smallest absolute Gasteiger partial charge is 0.407 e. The zero-order chi connectivity index (χ0) is 18.5. The second kappa shape index (κ2) is 7.86. The van der Waals surface area contributed by atoms with Crippen LogP contribution in [0.15, 0.2) is 48.5 Å². The van der Waals surface area contributed by atoms with Gasteiger partial charge in [0, 0.05) is 18.7 Å². The van der Waals surface area contributed by atoms with Crippen molar-refractivity contribution in [2.45, 2.75) is 19.1 Å². The van der Waals surface area contributed by atoms with Crippen molar-refractivity contribution in [3.63, 3.8) is 0 Å². The van der Waals surface area contributed by atoms with Crippen LogP contribution in [0, 0.1) is 5.82 Å². The number of methoxy groups -OCH3 is 1. The Labute approximate surface area is 150 Å². The van der Waals surface area contributed by atoms with Crippen molar-refractivity contribution in [1.82, 2.24) is 5.32 Å². The normalized spacial score (nSPS) is 16.5. The van der Waals surface area contributed by atoms with Gasteiger partial charge in [-0.1, -0.05) is 12.1 Å². The molecule has 0 bridgehead atoms. The van der Waals surface area contributed by atoms with Gasteiger partial charge in [0.1, 0.15) is 18.2 Å². The minimum absolute atomic E-state index is 0.0696. The molecule has 7 heteroatoms. The Bertz CT molecular complexity index is 794. The molecule has 1 fully saturated rings. The lowest BCUT2D eigenvalue weighted by molar-refractivity contribution is -0.117. The molecule has 1 heterocycles. The van der Waals surface area contributed by atoms with E-state index in [2.05, 4.69) is 10.1 Å². The highest BCUT2D eigenvalue weighted by atomic mass is 19.1. The molecule has 0 aliphatic carbocycles. The van der Waals surface area contributed by atoms with E-state index in [0.717, 1.165) is 11.3 Å². The fourth-order valence-corrected chi connectivity index (χ4v) is 2.80. The van der Waals surface area contributed by atoms with Crippen LogP contribution < -0.4 is 15.0 Å². The molecule has 26 heavy (non-hydrogen) atoms. The van der Waals surface area contributed by atoms with Gasteiger partial charge in [0.05, 0.1) is 13.2 Å². The third-order valence-corrected chi connectivity index (χ3v) is 4.08. The number of nitrogens with zero attached hydrogens (tertiary/aromatic N) is 1. The Morgan fingerprint density at radius 2 is 2.04 bits per heavy atom. The first-order valence-corrected chi connectivity index (χ1v) is 8.17. The van der Waals surface area contributed by atoms with E-state index < -0.39 is 6.09 Å². The fraction of sp³-hybridized carbons (Fsp3) is 0.263. The molecular weight excluding hydrogens is 339 g/mol. The van der Waals surface area contributed by atoms with Crippen molar-refractivity contribution in [3.05, 3.63) is 59.9 Å². The zero-order valence-electron chi connectivity index (χ0n) is 14.3. The number of ether oxygens (including phenoxy) is 2. The van der Waals surface area contributed by atoms with Gasteiger partial charge < -0.3 is 19.7 Å². The average Bonchev–Trinajstić information content (AvgIpc) is 3.00. The SMILES string of the molecule is COC(=O)NC1CC(=O)N(c2ccc(OCc3cccc(F)c3)cc2)C1. The Morgan fingerprint density at radius 1 is 1.27 bits per heavy atom. The number of carbonyl (C=O) groups is 2. The van der Waals surface area contributed by atoms with Crippen LogP contribution in [-0.4, -0.2) is 31.7 Å². The van der Waals surface area contributed by atoms with Gasteiger partial charge in [-0.2, -0.15) is 0 Å². The minimum Gasteiger partial charge on any atom is -0.489 e. The molecule has 2 aromatic rings. The van der Waals surface area contributed by atoms with Crippen molar-refractivity contribution in [1.29, 1.82) is 0 Å². The molecule has 1 aliphatic rings. The van der Waals surface area contributed by atoms with Crippen LogP contribution in [0.2, 0.25) is 0 Å². The predicted molar refractivity (Wildman–Crippen MR) is 93.5 cm³/mol. The van der Waals surface area contributed by atoms with Crippen LogP contribution in [-0.2, 0) is 16.1 Å². The van der Waals surface area contributed by atoms with E-state index in [-0.39, 0.29) is 30.8 Å². The first kappa shape index (κ1) is 17.7. The predicted octanol–water partition coefficient (Wildman–Crippen LogP) is 2.87. The largest absolute Gasteiger partial charge is 0.489 e. The number of anilines is 1. The number of carbonyl (C=O) groups excluding carboxylic acids is 2. The van der Waals surface area contributed by atoms with E-state index in [1.54, 1.807) is 41.3 Å². The van der Waals surface area contributed by atoms with E-state index in [9.17, 15) is 14.0 Å². The Kier molecular flexibility index (Phi) is 5.36. The number of benzene rings is 2. The van der Waals surface area contributed by atoms with Gasteiger partial charge in [-0.15, -0.1) is 0 Å². The maximum absolute atomic E-state index is 13.2. The molecule has 3 rings (SSSR count). The number of halogens is 1. The molecule has 2 amide bonds. The summed E-state index contributed by atoms with van der Waals surface area (Å²) in [5, 5.41) is 2.63. The van der Waals surface area contributed by atoms with Crippen molar-refractivity contribution in [2.24, 2.45) is 0 Å². The monoisotopic (exact) mass is 358 g/mol. The molecule has 0 radical (unpaired) electrons. The van der Waals surface area contributed by atoms with Crippen molar-refractivity contribution >= 4 is 17.7 Å². The van der Waals surface area contributed by atoms with Crippen LogP contribution in [0.1, 0.15) is 12.0 Å². The number of hydrogen-bond acceptors (Lipinski definition) is 4. The standard InChI is InChI=1S/C19H19FN2O4/c1-25-19(24)21-15-10-18(23)22(11-15)16-5-7-17(8-6-16)26-12-13-3-2-4-14(20)9-13/h2-9,15H,10-12H2,1H3,(H,21,24). The van der Waals surface area contributed by atoms with Gasteiger partial charge in [0.25, 0.3) is 0 Å². The lowest BCUT2D eigenvalue weighted by atomic mass is 10.2. The summed E-state index contributed by atoms with van der Waals surface area (Å²) in [6, 6.07) is 13.0. The van der Waals surface area contributed by atoms with Gasteiger partial charge in [0.2, 0.25) is 5.91 Å². The van der Waals surface area contributed by atoms with Gasteiger partial charge >= 0.3 is 6.09 Å². The quantitative estimate of drug-likeness (QED) is 0.892. The lowest BCUT2D eigenvalue weighted by Gasteiger charge is -2.17. The van der Waals surface area contributed by atoms with E-state index >= 15 is 0 Å². The number of nitrogens with one attached hydrogen (secondary N) is 1. The molecule has 0 aromatic heterocycles. The van der Waals surface area contributed by atoms with Crippen LogP contribution in [0.25, 0.3) is 0 Å². The number of alkyl carbamates (subject to hydrolysis) is 1. The van der Waals surface area contributed by atoms with E-state index in [1.807, 2.05) is 0 Å². The Balaban J connectivity index is 1.59. The molecule has 136 valence electrons. The molecule has 1 atom stereocenters.